The van der Waals surface area contributed by atoms with Crippen molar-refractivity contribution in [3.63, 3.8) is 0 Å². The van der Waals surface area contributed by atoms with Gasteiger partial charge in [0.05, 0.1) is 18.7 Å². The number of carbonyl (C=O) groups excluding carboxylic acids is 2. The molecular weight excluding hydrogens is 314 g/mol. The first-order chi connectivity index (χ1) is 11.6. The molecule has 0 spiro atoms. The lowest BCUT2D eigenvalue weighted by molar-refractivity contribution is -0.119. The number of benzene rings is 2. The van der Waals surface area contributed by atoms with Crippen molar-refractivity contribution < 1.29 is 18.4 Å². The van der Waals surface area contributed by atoms with Gasteiger partial charge in [-0.25, -0.2) is 8.78 Å². The first-order valence-electron chi connectivity index (χ1n) is 7.10. The third kappa shape index (κ3) is 5.21. The maximum Gasteiger partial charge on any atom is 0.254 e. The molecule has 122 valence electrons. The Morgan fingerprint density at radius 3 is 2.46 bits per heavy atom. The summed E-state index contributed by atoms with van der Waals surface area (Å²) in [6.45, 7) is -0.211. The molecule has 0 aliphatic carbocycles. The molecule has 0 radical (unpaired) electrons. The smallest absolute Gasteiger partial charge is 0.254 e. The quantitative estimate of drug-likeness (QED) is 0.842. The standard InChI is InChI=1S/C18H14F2N2O2/c19-14-8-9-15(16(20)11-14)18(24)22-12-17(23)21-10-4-7-13-5-2-1-3-6-13/h1-3,5-6,8-9,11H,10,12H2,(H,21,23)(H,22,24). The molecule has 0 atom stereocenters. The molecule has 6 heteroatoms. The van der Waals surface area contributed by atoms with Crippen molar-refractivity contribution in [2.45, 2.75) is 0 Å². The van der Waals surface area contributed by atoms with Crippen molar-refractivity contribution in [3.8, 4) is 11.8 Å². The molecule has 2 amide bonds. The van der Waals surface area contributed by atoms with Gasteiger partial charge in [0.1, 0.15) is 11.6 Å². The summed E-state index contributed by atoms with van der Waals surface area (Å²) < 4.78 is 26.2. The molecule has 2 aromatic carbocycles. The Morgan fingerprint density at radius 2 is 1.75 bits per heavy atom. The zero-order valence-corrected chi connectivity index (χ0v) is 12.6. The highest BCUT2D eigenvalue weighted by Crippen LogP contribution is 2.08. The van der Waals surface area contributed by atoms with E-state index >= 15 is 0 Å². The number of hydrogen-bond donors (Lipinski definition) is 2. The number of halogens is 2. The maximum atomic E-state index is 13.4. The second-order valence-corrected chi connectivity index (χ2v) is 4.75. The van der Waals surface area contributed by atoms with E-state index in [1.54, 1.807) is 0 Å². The lowest BCUT2D eigenvalue weighted by Gasteiger charge is -2.06. The average molecular weight is 328 g/mol. The lowest BCUT2D eigenvalue weighted by atomic mass is 10.2. The lowest BCUT2D eigenvalue weighted by Crippen LogP contribution is -2.37. The van der Waals surface area contributed by atoms with Gasteiger partial charge in [-0.3, -0.25) is 9.59 Å². The predicted molar refractivity (Wildman–Crippen MR) is 85.0 cm³/mol. The van der Waals surface area contributed by atoms with Crippen molar-refractivity contribution >= 4 is 11.8 Å². The van der Waals surface area contributed by atoms with Crippen LogP contribution in [0.1, 0.15) is 15.9 Å². The van der Waals surface area contributed by atoms with Crippen LogP contribution in [-0.2, 0) is 4.79 Å². The minimum Gasteiger partial charge on any atom is -0.344 e. The molecule has 0 aromatic heterocycles. The highest BCUT2D eigenvalue weighted by Gasteiger charge is 2.13. The van der Waals surface area contributed by atoms with E-state index in [-0.39, 0.29) is 18.7 Å². The fourth-order valence-electron chi connectivity index (χ4n) is 1.80. The number of amides is 2. The summed E-state index contributed by atoms with van der Waals surface area (Å²) >= 11 is 0. The van der Waals surface area contributed by atoms with Gasteiger partial charge in [-0.2, -0.15) is 0 Å². The Morgan fingerprint density at radius 1 is 1.00 bits per heavy atom. The van der Waals surface area contributed by atoms with Crippen LogP contribution in [0.4, 0.5) is 8.78 Å². The molecule has 2 N–H and O–H groups in total. The third-order valence-electron chi connectivity index (χ3n) is 2.97. The van der Waals surface area contributed by atoms with Gasteiger partial charge >= 0.3 is 0 Å². The van der Waals surface area contributed by atoms with Crippen LogP contribution in [0.3, 0.4) is 0 Å². The molecule has 24 heavy (non-hydrogen) atoms. The summed E-state index contributed by atoms with van der Waals surface area (Å²) in [5, 5.41) is 4.76. The minimum atomic E-state index is -0.985. The molecule has 0 heterocycles. The fraction of sp³-hybridized carbons (Fsp3) is 0.111. The molecular formula is C18H14F2N2O2. The maximum absolute atomic E-state index is 13.4. The van der Waals surface area contributed by atoms with E-state index in [4.69, 9.17) is 0 Å². The summed E-state index contributed by atoms with van der Waals surface area (Å²) in [5.41, 5.74) is 0.500. The summed E-state index contributed by atoms with van der Waals surface area (Å²) in [7, 11) is 0. The Labute approximate surface area is 137 Å². The first kappa shape index (κ1) is 17.2. The van der Waals surface area contributed by atoms with Crippen LogP contribution in [0.15, 0.2) is 48.5 Å². The van der Waals surface area contributed by atoms with Crippen LogP contribution in [0, 0.1) is 23.5 Å². The van der Waals surface area contributed by atoms with Gasteiger partial charge in [-0.15, -0.1) is 0 Å². The molecule has 0 saturated carbocycles. The highest BCUT2D eigenvalue weighted by atomic mass is 19.1. The van der Waals surface area contributed by atoms with E-state index in [0.29, 0.717) is 6.07 Å². The normalized spacial score (nSPS) is 9.58. The van der Waals surface area contributed by atoms with E-state index < -0.39 is 23.4 Å². The Hall–Kier alpha value is -3.20. The summed E-state index contributed by atoms with van der Waals surface area (Å²) in [4.78, 5) is 23.3. The zero-order chi connectivity index (χ0) is 17.4. The van der Waals surface area contributed by atoms with Crippen LogP contribution in [-0.4, -0.2) is 24.9 Å². The van der Waals surface area contributed by atoms with Gasteiger partial charge in [-0.05, 0) is 24.3 Å². The SMILES string of the molecule is O=C(CNC(=O)c1ccc(F)cc1F)NCC#Cc1ccccc1. The topological polar surface area (TPSA) is 58.2 Å². The predicted octanol–water partition coefficient (Wildman–Crippen LogP) is 1.86. The zero-order valence-electron chi connectivity index (χ0n) is 12.6. The minimum absolute atomic E-state index is 0.120. The Bertz CT molecular complexity index is 796. The molecule has 0 unspecified atom stereocenters. The van der Waals surface area contributed by atoms with Gasteiger partial charge in [-0.1, -0.05) is 30.0 Å². The monoisotopic (exact) mass is 328 g/mol. The van der Waals surface area contributed by atoms with E-state index in [9.17, 15) is 18.4 Å². The number of hydrogen-bond acceptors (Lipinski definition) is 2. The van der Waals surface area contributed by atoms with E-state index in [2.05, 4.69) is 22.5 Å². The van der Waals surface area contributed by atoms with Crippen molar-refractivity contribution in [2.24, 2.45) is 0 Å². The summed E-state index contributed by atoms with van der Waals surface area (Å²) in [6.07, 6.45) is 0. The highest BCUT2D eigenvalue weighted by molar-refractivity contribution is 5.96. The van der Waals surface area contributed by atoms with Crippen LogP contribution in [0.2, 0.25) is 0 Å². The van der Waals surface area contributed by atoms with Gasteiger partial charge in [0.25, 0.3) is 5.91 Å². The molecule has 2 rings (SSSR count). The molecule has 0 saturated heterocycles. The number of rotatable bonds is 4. The van der Waals surface area contributed by atoms with Crippen LogP contribution >= 0.6 is 0 Å². The first-order valence-corrected chi connectivity index (χ1v) is 7.10. The van der Waals surface area contributed by atoms with Crippen molar-refractivity contribution in [1.29, 1.82) is 0 Å². The third-order valence-corrected chi connectivity index (χ3v) is 2.97. The molecule has 0 aliphatic rings. The van der Waals surface area contributed by atoms with Gasteiger partial charge in [0.2, 0.25) is 5.91 Å². The molecule has 0 aliphatic heterocycles. The van der Waals surface area contributed by atoms with Crippen molar-refractivity contribution in [3.05, 3.63) is 71.3 Å². The van der Waals surface area contributed by atoms with Crippen LogP contribution < -0.4 is 10.6 Å². The van der Waals surface area contributed by atoms with Crippen molar-refractivity contribution in [2.75, 3.05) is 13.1 Å². The van der Waals surface area contributed by atoms with Crippen LogP contribution in [0.25, 0.3) is 0 Å². The summed E-state index contributed by atoms with van der Waals surface area (Å²) in [5.74, 6) is 2.62. The molecule has 4 nitrogen and oxygen atoms in total. The van der Waals surface area contributed by atoms with Gasteiger partial charge < -0.3 is 10.6 Å². The van der Waals surface area contributed by atoms with Crippen LogP contribution in [0.5, 0.6) is 0 Å². The fourth-order valence-corrected chi connectivity index (χ4v) is 1.80. The molecule has 0 fully saturated rings. The average Bonchev–Trinajstić information content (AvgIpc) is 2.57. The van der Waals surface area contributed by atoms with E-state index in [1.165, 1.54) is 0 Å². The van der Waals surface area contributed by atoms with Gasteiger partial charge in [0, 0.05) is 11.6 Å². The second kappa shape index (κ2) is 8.44. The number of carbonyl (C=O) groups is 2. The number of nitrogens with one attached hydrogen (secondary N) is 2. The van der Waals surface area contributed by atoms with Crippen molar-refractivity contribution in [1.82, 2.24) is 10.6 Å². The Balaban J connectivity index is 1.77. The van der Waals surface area contributed by atoms with Gasteiger partial charge in [0.15, 0.2) is 0 Å². The Kier molecular flexibility index (Phi) is 6.03. The van der Waals surface area contributed by atoms with E-state index in [1.807, 2.05) is 30.3 Å². The molecule has 0 bridgehead atoms. The second-order valence-electron chi connectivity index (χ2n) is 4.75. The summed E-state index contributed by atoms with van der Waals surface area (Å²) in [6, 6.07) is 11.9. The molecule has 2 aromatic rings. The largest absolute Gasteiger partial charge is 0.344 e. The van der Waals surface area contributed by atoms with E-state index in [0.717, 1.165) is 17.7 Å².